The summed E-state index contributed by atoms with van der Waals surface area (Å²) in [6.45, 7) is 15.7. The van der Waals surface area contributed by atoms with Gasteiger partial charge < -0.3 is 59.6 Å². The van der Waals surface area contributed by atoms with Gasteiger partial charge in [0.05, 0.1) is 25.4 Å². The maximum Gasteiger partial charge on any atom is 0.393 e. The molecule has 2 aliphatic carbocycles. The average molecular weight is 1420 g/mol. The zero-order valence-electron chi connectivity index (χ0n) is 62.2. The fourth-order valence-corrected chi connectivity index (χ4v) is 15.3. The third-order valence-electron chi connectivity index (χ3n) is 22.3. The molecule has 3 aliphatic heterocycles. The second-order valence-corrected chi connectivity index (χ2v) is 30.6. The van der Waals surface area contributed by atoms with Crippen LogP contribution in [0.1, 0.15) is 184 Å². The largest absolute Gasteiger partial charge is 0.393 e. The van der Waals surface area contributed by atoms with Crippen LogP contribution in [-0.4, -0.2) is 275 Å². The fraction of sp³-hybridized carbons (Fsp3) is 0.831. The number of hydrogen-bond acceptors (Lipinski definition) is 12. The monoisotopic (exact) mass is 1420 g/mol. The van der Waals surface area contributed by atoms with Crippen LogP contribution in [0.5, 0.6) is 0 Å². The molecule has 0 radical (unpaired) electrons. The quantitative estimate of drug-likeness (QED) is 0.179. The van der Waals surface area contributed by atoms with E-state index in [9.17, 15) is 51.5 Å². The van der Waals surface area contributed by atoms with E-state index in [0.29, 0.717) is 38.0 Å². The molecule has 5 fully saturated rings. The minimum absolute atomic E-state index is 0.00193. The summed E-state index contributed by atoms with van der Waals surface area (Å²) in [5, 5.41) is 4.53. The highest BCUT2D eigenvalue weighted by Crippen LogP contribution is 2.44. The Morgan fingerprint density at radius 3 is 1.78 bits per heavy atom. The van der Waals surface area contributed by atoms with Crippen LogP contribution in [0.4, 0.5) is 13.2 Å². The molecule has 12 amide bonds. The molecule has 28 heteroatoms. The van der Waals surface area contributed by atoms with Crippen LogP contribution in [0, 0.1) is 41.4 Å². The van der Waals surface area contributed by atoms with Crippen LogP contribution in [0.15, 0.2) is 0 Å². The second kappa shape index (κ2) is 37.1. The Morgan fingerprint density at radius 2 is 1.22 bits per heavy atom. The molecule has 5 aliphatic rings. The van der Waals surface area contributed by atoms with Crippen LogP contribution in [-0.2, 0) is 57.5 Å². The Hall–Kier alpha value is -6.28. The number of likely N-dealkylation sites (N-methyl/N-ethyl adjacent to an activating group) is 7. The van der Waals surface area contributed by atoms with Crippen molar-refractivity contribution in [3.8, 4) is 0 Å². The standard InChI is InChI=1S/C71H118ClF3N12O12/c1-18-21-33-85-41-59(90)84(17)61(45(8)20-3)70(99)83(16)56(65(94)78(10)11)39-58(89)81(14)54(36-42(4)5)62(91)77-60(44(7)19-2)69(98)80(13)46(9)63(92)87-35-32-53(87)67(96)82(15)55(38-48-26-24-43(6)25-27-48)66(95)79(12)40-57(88)76-51(64(93)86-34-22-23-52(86)68(85)97)31-29-47-28-30-49(50(72)37-47)71(73,74)75/h42-56,60-61H,18-41H2,1-17H3,(H,76,88)(H,77,91)/t43?,44-,45-,46-,47?,48?,49?,50?,51-,52-,53-,54-,55-,56-,60-,61-/m0/s1. The number of fused-ring (bicyclic) bond motifs is 2. The first-order valence-electron chi connectivity index (χ1n) is 36.3. The van der Waals surface area contributed by atoms with E-state index in [1.54, 1.807) is 13.8 Å². The highest BCUT2D eigenvalue weighted by molar-refractivity contribution is 6.21. The zero-order chi connectivity index (χ0) is 74.4. The van der Waals surface area contributed by atoms with Gasteiger partial charge in [0.25, 0.3) is 0 Å². The van der Waals surface area contributed by atoms with Crippen molar-refractivity contribution in [3.63, 3.8) is 0 Å². The first kappa shape index (κ1) is 83.4. The van der Waals surface area contributed by atoms with E-state index in [1.807, 2.05) is 34.6 Å². The Labute approximate surface area is 591 Å². The first-order chi connectivity index (χ1) is 46.3. The van der Waals surface area contributed by atoms with E-state index in [1.165, 1.54) is 107 Å². The van der Waals surface area contributed by atoms with Crippen molar-refractivity contribution in [2.75, 3.05) is 89.1 Å². The minimum atomic E-state index is -4.51. The molecule has 99 heavy (non-hydrogen) atoms. The summed E-state index contributed by atoms with van der Waals surface area (Å²) < 4.78 is 42.0. The second-order valence-electron chi connectivity index (χ2n) is 30.1. The lowest BCUT2D eigenvalue weighted by molar-refractivity contribution is -0.182. The molecule has 2 saturated carbocycles. The molecule has 0 spiro atoms. The minimum Gasteiger partial charge on any atom is -0.347 e. The molecule has 0 aromatic carbocycles. The fourth-order valence-electron chi connectivity index (χ4n) is 14.8. The van der Waals surface area contributed by atoms with Gasteiger partial charge in [-0.05, 0) is 113 Å². The van der Waals surface area contributed by atoms with Crippen LogP contribution in [0.2, 0.25) is 0 Å². The van der Waals surface area contributed by atoms with E-state index in [4.69, 9.17) is 11.6 Å². The molecular weight excluding hydrogens is 1310 g/mol. The first-order valence-corrected chi connectivity index (χ1v) is 36.7. The van der Waals surface area contributed by atoms with Crippen molar-refractivity contribution in [1.82, 2.24) is 59.6 Å². The van der Waals surface area contributed by atoms with Gasteiger partial charge >= 0.3 is 6.18 Å². The van der Waals surface area contributed by atoms with Crippen molar-refractivity contribution in [2.45, 2.75) is 250 Å². The predicted molar refractivity (Wildman–Crippen MR) is 369 cm³/mol. The van der Waals surface area contributed by atoms with Gasteiger partial charge in [-0.2, -0.15) is 13.2 Å². The lowest BCUT2D eigenvalue weighted by atomic mass is 9.78. The lowest BCUT2D eigenvalue weighted by Gasteiger charge is -2.45. The maximum atomic E-state index is 15.3. The van der Waals surface area contributed by atoms with Gasteiger partial charge in [-0.15, -0.1) is 11.6 Å². The molecule has 3 heterocycles. The maximum absolute atomic E-state index is 15.3. The van der Waals surface area contributed by atoms with E-state index in [-0.39, 0.29) is 95.2 Å². The smallest absolute Gasteiger partial charge is 0.347 e. The number of hydrogen-bond donors (Lipinski definition) is 2. The third-order valence-corrected chi connectivity index (χ3v) is 22.7. The van der Waals surface area contributed by atoms with Gasteiger partial charge in [0, 0.05) is 81.4 Å². The van der Waals surface area contributed by atoms with Gasteiger partial charge in [-0.25, -0.2) is 0 Å². The van der Waals surface area contributed by atoms with Crippen LogP contribution < -0.4 is 10.6 Å². The molecule has 562 valence electrons. The number of halogens is 4. The Bertz CT molecular complexity index is 2850. The molecule has 3 unspecified atom stereocenters. The molecule has 14 atom stereocenters. The van der Waals surface area contributed by atoms with Crippen LogP contribution in [0.3, 0.4) is 0 Å². The summed E-state index contributed by atoms with van der Waals surface area (Å²) >= 11 is 6.40. The number of nitrogens with zero attached hydrogens (tertiary/aromatic N) is 10. The molecule has 0 bridgehead atoms. The molecule has 5 rings (SSSR count). The summed E-state index contributed by atoms with van der Waals surface area (Å²) in [5.41, 5.74) is 0. The number of rotatable bonds is 15. The molecule has 2 N–H and O–H groups in total. The highest BCUT2D eigenvalue weighted by atomic mass is 35.5. The van der Waals surface area contributed by atoms with Crippen molar-refractivity contribution in [3.05, 3.63) is 0 Å². The number of carbonyl (C=O) groups is 12. The van der Waals surface area contributed by atoms with Crippen molar-refractivity contribution in [1.29, 1.82) is 0 Å². The Morgan fingerprint density at radius 1 is 0.616 bits per heavy atom. The average Bonchev–Trinajstić information content (AvgIpc) is 1.34. The SMILES string of the molecule is CCCCN1CC(=O)N(C)[C@@H]([C@@H](C)CC)C(=O)N(C)[C@H](C(=O)N(C)C)CC(=O)N(C)[C@@H](CC(C)C)C(=O)N[C@@H]([C@@H](C)CC)C(=O)N(C)[C@@H](C)C(=O)N2CC[C@H]2C(=O)N(C)[C@@H](CC2CCC(C)CC2)C(=O)N(C)CC(=O)N[C@@H](CCC2CCC(C(F)(F)F)C(Cl)C2)C(=O)N2CCC[C@H]2C1=O. The summed E-state index contributed by atoms with van der Waals surface area (Å²) in [4.78, 5) is 191. The summed E-state index contributed by atoms with van der Waals surface area (Å²) in [5.74, 6) is -10.4. The molecular formula is C71H118ClF3N12O12. The van der Waals surface area contributed by atoms with E-state index < -0.39 is 174 Å². The van der Waals surface area contributed by atoms with Crippen LogP contribution >= 0.6 is 11.6 Å². The summed E-state index contributed by atoms with van der Waals surface area (Å²) in [6, 6.07) is -10.9. The molecule has 3 saturated heterocycles. The predicted octanol–water partition coefficient (Wildman–Crippen LogP) is 6.00. The van der Waals surface area contributed by atoms with Gasteiger partial charge in [-0.3, -0.25) is 57.5 Å². The summed E-state index contributed by atoms with van der Waals surface area (Å²) in [6.07, 6.45) is 1.21. The molecule has 0 aromatic heterocycles. The van der Waals surface area contributed by atoms with Gasteiger partial charge in [0.2, 0.25) is 70.9 Å². The summed E-state index contributed by atoms with van der Waals surface area (Å²) in [7, 11) is 11.5. The van der Waals surface area contributed by atoms with Crippen LogP contribution in [0.25, 0.3) is 0 Å². The normalized spacial score (nSPS) is 30.7. The Kier molecular flexibility index (Phi) is 31.2. The number of carbonyl (C=O) groups excluding carboxylic acids is 12. The van der Waals surface area contributed by atoms with Crippen molar-refractivity contribution in [2.24, 2.45) is 41.4 Å². The van der Waals surface area contributed by atoms with Gasteiger partial charge in [0.15, 0.2) is 0 Å². The third kappa shape index (κ3) is 21.2. The topological polar surface area (TPSA) is 261 Å². The van der Waals surface area contributed by atoms with E-state index >= 15 is 19.2 Å². The van der Waals surface area contributed by atoms with Gasteiger partial charge in [-0.1, -0.05) is 100 Å². The van der Waals surface area contributed by atoms with Crippen molar-refractivity contribution < 1.29 is 70.7 Å². The zero-order valence-corrected chi connectivity index (χ0v) is 62.9. The number of amides is 12. The number of nitrogens with one attached hydrogen (secondary N) is 2. The van der Waals surface area contributed by atoms with E-state index in [0.717, 1.165) is 30.6 Å². The lowest BCUT2D eigenvalue weighted by Crippen LogP contribution is -2.65. The van der Waals surface area contributed by atoms with Gasteiger partial charge in [0.1, 0.15) is 54.4 Å². The number of alkyl halides is 4. The number of unbranched alkanes of at least 4 members (excludes halogenated alkanes) is 1. The Balaban J connectivity index is 1.62. The molecule has 0 aromatic rings. The van der Waals surface area contributed by atoms with E-state index in [2.05, 4.69) is 17.6 Å². The molecule has 24 nitrogen and oxygen atoms in total. The highest BCUT2D eigenvalue weighted by Gasteiger charge is 2.50. The van der Waals surface area contributed by atoms with Crippen molar-refractivity contribution >= 4 is 82.5 Å².